The number of anilines is 1. The molecule has 0 unspecified atom stereocenters. The lowest BCUT2D eigenvalue weighted by atomic mass is 10.2. The van der Waals surface area contributed by atoms with Gasteiger partial charge in [0, 0.05) is 24.1 Å². The van der Waals surface area contributed by atoms with Gasteiger partial charge in [0.05, 0.1) is 30.6 Å². The maximum atomic E-state index is 5.85. The van der Waals surface area contributed by atoms with Crippen LogP contribution in [0.15, 0.2) is 36.8 Å². The van der Waals surface area contributed by atoms with Crippen LogP contribution in [0.5, 0.6) is 11.5 Å². The average molecular weight is 301 g/mol. The van der Waals surface area contributed by atoms with Crippen molar-refractivity contribution < 1.29 is 9.47 Å². The van der Waals surface area contributed by atoms with Gasteiger partial charge in [0.2, 0.25) is 0 Å². The van der Waals surface area contributed by atoms with Gasteiger partial charge in [0.15, 0.2) is 11.5 Å². The zero-order valence-corrected chi connectivity index (χ0v) is 13.5. The summed E-state index contributed by atoms with van der Waals surface area (Å²) in [7, 11) is 0. The number of hydrogen-bond acceptors (Lipinski definition) is 5. The largest absolute Gasteiger partial charge is 0.487 e. The van der Waals surface area contributed by atoms with Crippen molar-refractivity contribution in [1.29, 1.82) is 0 Å². The van der Waals surface area contributed by atoms with Crippen molar-refractivity contribution in [2.75, 3.05) is 5.32 Å². The van der Waals surface area contributed by atoms with Crippen molar-refractivity contribution in [3.8, 4) is 11.5 Å². The number of ether oxygens (including phenoxy) is 2. The fourth-order valence-corrected chi connectivity index (χ4v) is 1.93. The van der Waals surface area contributed by atoms with E-state index < -0.39 is 0 Å². The summed E-state index contributed by atoms with van der Waals surface area (Å²) in [6.07, 6.45) is 5.28. The topological polar surface area (TPSA) is 56.3 Å². The van der Waals surface area contributed by atoms with Crippen LogP contribution in [0.25, 0.3) is 0 Å². The highest BCUT2D eigenvalue weighted by atomic mass is 16.5. The maximum Gasteiger partial charge on any atom is 0.163 e. The molecule has 1 aromatic heterocycles. The predicted molar refractivity (Wildman–Crippen MR) is 87.3 cm³/mol. The second-order valence-electron chi connectivity index (χ2n) is 5.55. The fourth-order valence-electron chi connectivity index (χ4n) is 1.93. The van der Waals surface area contributed by atoms with E-state index in [2.05, 4.69) is 15.3 Å². The van der Waals surface area contributed by atoms with E-state index in [-0.39, 0.29) is 12.2 Å². The molecule has 0 amide bonds. The molecule has 0 radical (unpaired) electrons. The minimum Gasteiger partial charge on any atom is -0.487 e. The van der Waals surface area contributed by atoms with Crippen LogP contribution in [0.3, 0.4) is 0 Å². The molecule has 0 aliphatic heterocycles. The number of nitrogens with zero attached hydrogens (tertiary/aromatic N) is 2. The molecule has 1 heterocycles. The highest BCUT2D eigenvalue weighted by Crippen LogP contribution is 2.32. The van der Waals surface area contributed by atoms with E-state index >= 15 is 0 Å². The molecule has 118 valence electrons. The maximum absolute atomic E-state index is 5.85. The molecule has 1 aromatic carbocycles. The van der Waals surface area contributed by atoms with Gasteiger partial charge in [-0.1, -0.05) is 0 Å². The zero-order valence-electron chi connectivity index (χ0n) is 13.5. The third-order valence-electron chi connectivity index (χ3n) is 2.76. The zero-order chi connectivity index (χ0) is 15.9. The molecule has 0 atom stereocenters. The minimum atomic E-state index is 0.0877. The Hall–Kier alpha value is -2.30. The lowest BCUT2D eigenvalue weighted by molar-refractivity contribution is 0.199. The molecule has 0 saturated heterocycles. The molecular weight excluding hydrogens is 278 g/mol. The van der Waals surface area contributed by atoms with Crippen molar-refractivity contribution in [3.63, 3.8) is 0 Å². The Morgan fingerprint density at radius 1 is 1.00 bits per heavy atom. The molecule has 2 aromatic rings. The van der Waals surface area contributed by atoms with Gasteiger partial charge in [-0.2, -0.15) is 0 Å². The van der Waals surface area contributed by atoms with Crippen molar-refractivity contribution in [1.82, 2.24) is 9.97 Å². The second kappa shape index (κ2) is 7.64. The Kier molecular flexibility index (Phi) is 5.58. The lowest BCUT2D eigenvalue weighted by Crippen LogP contribution is -2.11. The first-order chi connectivity index (χ1) is 10.5. The summed E-state index contributed by atoms with van der Waals surface area (Å²) in [5, 5.41) is 3.32. The Morgan fingerprint density at radius 3 is 2.36 bits per heavy atom. The molecular formula is C17H23N3O2. The van der Waals surface area contributed by atoms with Crippen molar-refractivity contribution in [3.05, 3.63) is 42.5 Å². The summed E-state index contributed by atoms with van der Waals surface area (Å²) < 4.78 is 11.6. The molecule has 1 N–H and O–H groups in total. The average Bonchev–Trinajstić information content (AvgIpc) is 2.47. The molecule has 0 spiro atoms. The number of rotatable bonds is 7. The van der Waals surface area contributed by atoms with Gasteiger partial charge in [-0.05, 0) is 39.8 Å². The SMILES string of the molecule is CC(C)Oc1ccc(NCc2cnccn2)cc1OC(C)C. The van der Waals surface area contributed by atoms with E-state index in [0.29, 0.717) is 6.54 Å². The van der Waals surface area contributed by atoms with Crippen LogP contribution in [-0.2, 0) is 6.54 Å². The number of nitrogens with one attached hydrogen (secondary N) is 1. The third kappa shape index (κ3) is 4.91. The fraction of sp³-hybridized carbons (Fsp3) is 0.412. The van der Waals surface area contributed by atoms with E-state index in [1.54, 1.807) is 18.6 Å². The van der Waals surface area contributed by atoms with E-state index in [4.69, 9.17) is 9.47 Å². The van der Waals surface area contributed by atoms with Gasteiger partial charge in [0.25, 0.3) is 0 Å². The number of benzene rings is 1. The second-order valence-corrected chi connectivity index (χ2v) is 5.55. The van der Waals surface area contributed by atoms with Gasteiger partial charge in [-0.15, -0.1) is 0 Å². The number of aromatic nitrogens is 2. The Morgan fingerprint density at radius 2 is 1.73 bits per heavy atom. The first kappa shape index (κ1) is 16.1. The van der Waals surface area contributed by atoms with Crippen LogP contribution in [0.4, 0.5) is 5.69 Å². The first-order valence-corrected chi connectivity index (χ1v) is 7.50. The molecule has 0 fully saturated rings. The molecule has 0 aliphatic rings. The van der Waals surface area contributed by atoms with Gasteiger partial charge in [-0.25, -0.2) is 0 Å². The molecule has 0 bridgehead atoms. The van der Waals surface area contributed by atoms with Crippen LogP contribution in [0.2, 0.25) is 0 Å². The predicted octanol–water partition coefficient (Wildman–Crippen LogP) is 3.66. The normalized spacial score (nSPS) is 10.8. The molecule has 2 rings (SSSR count). The highest BCUT2D eigenvalue weighted by Gasteiger charge is 2.10. The van der Waals surface area contributed by atoms with Gasteiger partial charge in [0.1, 0.15) is 0 Å². The smallest absolute Gasteiger partial charge is 0.163 e. The van der Waals surface area contributed by atoms with Gasteiger partial charge < -0.3 is 14.8 Å². The third-order valence-corrected chi connectivity index (χ3v) is 2.76. The van der Waals surface area contributed by atoms with Crippen molar-refractivity contribution in [2.24, 2.45) is 0 Å². The van der Waals surface area contributed by atoms with E-state index in [1.807, 2.05) is 45.9 Å². The molecule has 0 aliphatic carbocycles. The van der Waals surface area contributed by atoms with Gasteiger partial charge in [-0.3, -0.25) is 9.97 Å². The van der Waals surface area contributed by atoms with Crippen molar-refractivity contribution in [2.45, 2.75) is 46.4 Å². The summed E-state index contributed by atoms with van der Waals surface area (Å²) in [5.74, 6) is 1.50. The summed E-state index contributed by atoms with van der Waals surface area (Å²) in [6, 6.07) is 5.85. The lowest BCUT2D eigenvalue weighted by Gasteiger charge is -2.18. The van der Waals surface area contributed by atoms with E-state index in [0.717, 1.165) is 22.9 Å². The van der Waals surface area contributed by atoms with Crippen LogP contribution < -0.4 is 14.8 Å². The summed E-state index contributed by atoms with van der Waals surface area (Å²) in [5.41, 5.74) is 1.84. The first-order valence-electron chi connectivity index (χ1n) is 7.50. The van der Waals surface area contributed by atoms with Crippen molar-refractivity contribution >= 4 is 5.69 Å². The molecule has 5 heteroatoms. The van der Waals surface area contributed by atoms with Crippen LogP contribution in [0.1, 0.15) is 33.4 Å². The van der Waals surface area contributed by atoms with E-state index in [1.165, 1.54) is 0 Å². The molecule has 5 nitrogen and oxygen atoms in total. The summed E-state index contributed by atoms with van der Waals surface area (Å²) >= 11 is 0. The Labute approximate surface area is 131 Å². The number of hydrogen-bond donors (Lipinski definition) is 1. The minimum absolute atomic E-state index is 0.0877. The Balaban J connectivity index is 2.11. The van der Waals surface area contributed by atoms with Crippen LogP contribution >= 0.6 is 0 Å². The molecule has 22 heavy (non-hydrogen) atoms. The highest BCUT2D eigenvalue weighted by molar-refractivity contribution is 5.55. The van der Waals surface area contributed by atoms with E-state index in [9.17, 15) is 0 Å². The Bertz CT molecular complexity index is 586. The summed E-state index contributed by atoms with van der Waals surface area (Å²) in [4.78, 5) is 8.29. The van der Waals surface area contributed by atoms with Crippen LogP contribution in [-0.4, -0.2) is 22.2 Å². The quantitative estimate of drug-likeness (QED) is 0.845. The van der Waals surface area contributed by atoms with Crippen LogP contribution in [0, 0.1) is 0 Å². The van der Waals surface area contributed by atoms with Gasteiger partial charge >= 0.3 is 0 Å². The monoisotopic (exact) mass is 301 g/mol. The summed E-state index contributed by atoms with van der Waals surface area (Å²) in [6.45, 7) is 8.61. The molecule has 0 saturated carbocycles. The standard InChI is InChI=1S/C17H23N3O2/c1-12(2)21-16-6-5-14(9-17(16)22-13(3)4)20-11-15-10-18-7-8-19-15/h5-10,12-13,20H,11H2,1-4H3.